The zero-order valence-corrected chi connectivity index (χ0v) is 15.4. The zero-order chi connectivity index (χ0) is 17.2. The van der Waals surface area contributed by atoms with Gasteiger partial charge in [0.15, 0.2) is 0 Å². The van der Waals surface area contributed by atoms with Gasteiger partial charge in [0, 0.05) is 5.56 Å². The Kier molecular flexibility index (Phi) is 2.48. The molecular formula is C24H24O2. The second-order valence-corrected chi connectivity index (χ2v) is 9.31. The van der Waals surface area contributed by atoms with Gasteiger partial charge in [0.25, 0.3) is 0 Å². The molecule has 0 aromatic heterocycles. The van der Waals surface area contributed by atoms with E-state index in [4.69, 9.17) is 4.74 Å². The highest BCUT2D eigenvalue weighted by atomic mass is 16.5. The molecule has 132 valence electrons. The monoisotopic (exact) mass is 344 g/mol. The van der Waals surface area contributed by atoms with Gasteiger partial charge in [0.2, 0.25) is 0 Å². The summed E-state index contributed by atoms with van der Waals surface area (Å²) in [7, 11) is 0. The molecule has 2 bridgehead atoms. The van der Waals surface area contributed by atoms with Crippen molar-refractivity contribution < 1.29 is 9.53 Å². The van der Waals surface area contributed by atoms with Crippen LogP contribution in [0.4, 0.5) is 0 Å². The van der Waals surface area contributed by atoms with Crippen molar-refractivity contribution in [2.75, 3.05) is 0 Å². The summed E-state index contributed by atoms with van der Waals surface area (Å²) in [4.78, 5) is 12.3. The number of carbonyl (C=O) groups excluding carboxylic acids is 1. The minimum Gasteiger partial charge on any atom is -0.457 e. The lowest BCUT2D eigenvalue weighted by Gasteiger charge is -2.46. The minimum absolute atomic E-state index is 0.102. The molecule has 2 fully saturated rings. The Morgan fingerprint density at radius 2 is 1.85 bits per heavy atom. The second-order valence-electron chi connectivity index (χ2n) is 9.31. The maximum Gasteiger partial charge on any atom is 0.338 e. The number of ether oxygens (including phenoxy) is 1. The van der Waals surface area contributed by atoms with Gasteiger partial charge >= 0.3 is 5.97 Å². The highest BCUT2D eigenvalue weighted by molar-refractivity contribution is 6.06. The molecule has 0 unspecified atom stereocenters. The fraction of sp³-hybridized carbons (Fsp3) is 0.542. The van der Waals surface area contributed by atoms with Gasteiger partial charge in [-0.1, -0.05) is 13.3 Å². The Balaban J connectivity index is 1.62. The van der Waals surface area contributed by atoms with Gasteiger partial charge < -0.3 is 4.74 Å². The molecule has 0 saturated heterocycles. The van der Waals surface area contributed by atoms with E-state index < -0.39 is 0 Å². The number of esters is 1. The van der Waals surface area contributed by atoms with Crippen LogP contribution in [0.2, 0.25) is 0 Å². The van der Waals surface area contributed by atoms with E-state index >= 15 is 0 Å². The van der Waals surface area contributed by atoms with Crippen molar-refractivity contribution in [3.05, 3.63) is 45.0 Å². The van der Waals surface area contributed by atoms with Gasteiger partial charge in [-0.25, -0.2) is 4.79 Å². The van der Waals surface area contributed by atoms with E-state index in [0.717, 1.165) is 42.1 Å². The first-order valence-electron chi connectivity index (χ1n) is 10.6. The van der Waals surface area contributed by atoms with E-state index in [-0.39, 0.29) is 5.97 Å². The van der Waals surface area contributed by atoms with Gasteiger partial charge in [-0.2, -0.15) is 0 Å². The van der Waals surface area contributed by atoms with E-state index in [9.17, 15) is 4.79 Å². The van der Waals surface area contributed by atoms with Crippen molar-refractivity contribution >= 4 is 16.7 Å². The van der Waals surface area contributed by atoms with E-state index in [1.165, 1.54) is 54.0 Å². The van der Waals surface area contributed by atoms with Crippen molar-refractivity contribution in [1.29, 1.82) is 0 Å². The number of carbonyl (C=O) groups is 1. The molecule has 1 aliphatic heterocycles. The summed E-state index contributed by atoms with van der Waals surface area (Å²) in [6.45, 7) is 2.79. The highest BCUT2D eigenvalue weighted by Gasteiger charge is 2.57. The van der Waals surface area contributed by atoms with Crippen LogP contribution in [0.25, 0.3) is 10.8 Å². The lowest BCUT2D eigenvalue weighted by Crippen LogP contribution is -2.32. The summed E-state index contributed by atoms with van der Waals surface area (Å²) < 4.78 is 5.47. The predicted octanol–water partition coefficient (Wildman–Crippen LogP) is 5.17. The molecule has 4 aliphatic carbocycles. The van der Waals surface area contributed by atoms with E-state index in [1.807, 2.05) is 0 Å². The molecule has 0 radical (unpaired) electrons. The van der Waals surface area contributed by atoms with Gasteiger partial charge in [0.1, 0.15) is 6.61 Å². The van der Waals surface area contributed by atoms with E-state index in [0.29, 0.717) is 6.61 Å². The average molecular weight is 344 g/mol. The first kappa shape index (κ1) is 14.3. The fourth-order valence-corrected chi connectivity index (χ4v) is 7.61. The molecular weight excluding hydrogens is 320 g/mol. The molecule has 5 aliphatic rings. The maximum atomic E-state index is 12.3. The van der Waals surface area contributed by atoms with Crippen LogP contribution in [0.5, 0.6) is 0 Å². The lowest BCUT2D eigenvalue weighted by molar-refractivity contribution is 0.0535. The maximum absolute atomic E-state index is 12.3. The summed E-state index contributed by atoms with van der Waals surface area (Å²) >= 11 is 0. The number of hydrogen-bond acceptors (Lipinski definition) is 2. The second kappa shape index (κ2) is 4.52. The SMILES string of the molecule is CCCc1c2c(c3c4c(cc5c(c14)COC5=O)CC3)[C@H]1[C@@H]3CC[C@@H](C3)[C@@H]21. The summed E-state index contributed by atoms with van der Waals surface area (Å²) in [5.41, 5.74) is 10.3. The van der Waals surface area contributed by atoms with Crippen molar-refractivity contribution in [3.8, 4) is 0 Å². The van der Waals surface area contributed by atoms with Crippen molar-refractivity contribution in [2.45, 2.75) is 70.3 Å². The Morgan fingerprint density at radius 3 is 2.65 bits per heavy atom. The van der Waals surface area contributed by atoms with Crippen LogP contribution in [0.15, 0.2) is 6.07 Å². The molecule has 2 nitrogen and oxygen atoms in total. The molecule has 0 N–H and O–H groups in total. The number of fused-ring (bicyclic) bond motifs is 11. The largest absolute Gasteiger partial charge is 0.457 e. The van der Waals surface area contributed by atoms with Gasteiger partial charge in [-0.05, 0) is 107 Å². The Morgan fingerprint density at radius 1 is 1.04 bits per heavy atom. The van der Waals surface area contributed by atoms with Crippen LogP contribution in [-0.4, -0.2) is 5.97 Å². The summed E-state index contributed by atoms with van der Waals surface area (Å²) in [5, 5.41) is 2.98. The van der Waals surface area contributed by atoms with Crippen molar-refractivity contribution in [2.24, 2.45) is 11.8 Å². The van der Waals surface area contributed by atoms with Gasteiger partial charge in [0.05, 0.1) is 5.56 Å². The van der Waals surface area contributed by atoms with Crippen LogP contribution in [-0.2, 0) is 30.6 Å². The first-order valence-corrected chi connectivity index (χ1v) is 10.6. The summed E-state index contributed by atoms with van der Waals surface area (Å²) in [6, 6.07) is 2.17. The molecule has 4 atom stereocenters. The van der Waals surface area contributed by atoms with Crippen LogP contribution < -0.4 is 0 Å². The third-order valence-electron chi connectivity index (χ3n) is 8.36. The van der Waals surface area contributed by atoms with Crippen molar-refractivity contribution in [3.63, 3.8) is 0 Å². The van der Waals surface area contributed by atoms with E-state index in [2.05, 4.69) is 13.0 Å². The number of benzene rings is 2. The normalized spacial score (nSPS) is 31.8. The Bertz CT molecular complexity index is 1030. The van der Waals surface area contributed by atoms with Crippen LogP contribution in [0.3, 0.4) is 0 Å². The number of hydrogen-bond donors (Lipinski definition) is 0. The summed E-state index contributed by atoms with van der Waals surface area (Å²) in [6.07, 6.45) is 9.02. The number of rotatable bonds is 2. The van der Waals surface area contributed by atoms with Crippen LogP contribution in [0, 0.1) is 11.8 Å². The van der Waals surface area contributed by atoms with Crippen LogP contribution >= 0.6 is 0 Å². The lowest BCUT2D eigenvalue weighted by atomic mass is 9.57. The minimum atomic E-state index is -0.102. The quantitative estimate of drug-likeness (QED) is 0.702. The summed E-state index contributed by atoms with van der Waals surface area (Å²) in [5.74, 6) is 3.51. The topological polar surface area (TPSA) is 26.3 Å². The average Bonchev–Trinajstić information content (AvgIpc) is 3.37. The molecule has 2 saturated carbocycles. The molecule has 2 aromatic carbocycles. The molecule has 7 rings (SSSR count). The number of cyclic esters (lactones) is 1. The van der Waals surface area contributed by atoms with Crippen molar-refractivity contribution in [1.82, 2.24) is 0 Å². The Labute approximate surface area is 153 Å². The molecule has 2 heteroatoms. The Hall–Kier alpha value is -1.83. The molecule has 0 amide bonds. The first-order chi connectivity index (χ1) is 12.8. The third kappa shape index (κ3) is 1.40. The van der Waals surface area contributed by atoms with Crippen LogP contribution in [0.1, 0.15) is 88.2 Å². The molecule has 1 heterocycles. The molecule has 2 aromatic rings. The van der Waals surface area contributed by atoms with Gasteiger partial charge in [-0.3, -0.25) is 0 Å². The standard InChI is InChI=1S/C24H24O2/c1-2-3-14-21-17-10-26-24(25)16(17)9-13-6-7-15(18(13)21)23-20-12-5-4-11(8-12)19(20)22(14)23/h9,11-12,19-20H,2-8,10H2,1H3/t11-,12+,19+,20-/m0/s1. The highest BCUT2D eigenvalue weighted by Crippen LogP contribution is 2.70. The molecule has 0 spiro atoms. The number of aryl methyl sites for hydroxylation is 3. The smallest absolute Gasteiger partial charge is 0.338 e. The predicted molar refractivity (Wildman–Crippen MR) is 101 cm³/mol. The van der Waals surface area contributed by atoms with E-state index in [1.54, 1.807) is 22.3 Å². The molecule has 26 heavy (non-hydrogen) atoms. The fourth-order valence-electron chi connectivity index (χ4n) is 7.61. The zero-order valence-electron chi connectivity index (χ0n) is 15.4. The van der Waals surface area contributed by atoms with Gasteiger partial charge in [-0.15, -0.1) is 0 Å². The third-order valence-corrected chi connectivity index (χ3v) is 8.36.